The van der Waals surface area contributed by atoms with Crippen molar-refractivity contribution in [3.05, 3.63) is 70.5 Å². The Bertz CT molecular complexity index is 1160. The van der Waals surface area contributed by atoms with Gasteiger partial charge >= 0.3 is 12.1 Å². The number of carbonyl (C=O) groups is 2. The molecular weight excluding hydrogens is 451 g/mol. The van der Waals surface area contributed by atoms with E-state index in [1.54, 1.807) is 37.3 Å². The van der Waals surface area contributed by atoms with Crippen LogP contribution in [0.4, 0.5) is 18.9 Å². The average molecular weight is 466 g/mol. The molecule has 1 aromatic heterocycles. The van der Waals surface area contributed by atoms with Crippen LogP contribution in [0.1, 0.15) is 17.0 Å². The number of ether oxygens (including phenoxy) is 1. The van der Waals surface area contributed by atoms with E-state index >= 15 is 0 Å². The lowest BCUT2D eigenvalue weighted by Crippen LogP contribution is -2.23. The summed E-state index contributed by atoms with van der Waals surface area (Å²) in [6, 6.07) is 11.3. The first-order valence-corrected chi connectivity index (χ1v) is 9.39. The molecule has 1 N–H and O–H groups in total. The topological polar surface area (TPSA) is 99.0 Å². The Balaban J connectivity index is 1.74. The van der Waals surface area contributed by atoms with Gasteiger partial charge in [0, 0.05) is 0 Å². The van der Waals surface area contributed by atoms with Crippen molar-refractivity contribution in [1.82, 2.24) is 20.2 Å². The number of carbonyl (C=O) groups excluding carboxylic acids is 2. The molecule has 166 valence electrons. The van der Waals surface area contributed by atoms with Crippen LogP contribution in [0.5, 0.6) is 0 Å². The Morgan fingerprint density at radius 2 is 1.91 bits per heavy atom. The molecule has 0 saturated carbocycles. The molecule has 32 heavy (non-hydrogen) atoms. The van der Waals surface area contributed by atoms with E-state index in [0.29, 0.717) is 17.5 Å². The first kappa shape index (κ1) is 22.9. The second-order valence-corrected chi connectivity index (χ2v) is 6.80. The highest BCUT2D eigenvalue weighted by Gasteiger charge is 2.31. The van der Waals surface area contributed by atoms with Crippen molar-refractivity contribution >= 4 is 40.9 Å². The van der Waals surface area contributed by atoms with E-state index in [9.17, 15) is 22.8 Å². The van der Waals surface area contributed by atoms with Crippen molar-refractivity contribution in [2.24, 2.45) is 0 Å². The molecule has 0 unspecified atom stereocenters. The Morgan fingerprint density at radius 3 is 2.53 bits per heavy atom. The predicted molar refractivity (Wildman–Crippen MR) is 109 cm³/mol. The van der Waals surface area contributed by atoms with Crippen LogP contribution in [-0.2, 0) is 20.5 Å². The van der Waals surface area contributed by atoms with Gasteiger partial charge in [-0.15, -0.1) is 5.10 Å². The van der Waals surface area contributed by atoms with Gasteiger partial charge in [0.2, 0.25) is 0 Å². The second-order valence-electron chi connectivity index (χ2n) is 6.39. The highest BCUT2D eigenvalue weighted by atomic mass is 35.5. The minimum Gasteiger partial charge on any atom is -0.451 e. The van der Waals surface area contributed by atoms with Crippen LogP contribution in [0.15, 0.2) is 48.5 Å². The summed E-state index contributed by atoms with van der Waals surface area (Å²) < 4.78 is 44.8. The van der Waals surface area contributed by atoms with Crippen molar-refractivity contribution in [3.63, 3.8) is 0 Å². The van der Waals surface area contributed by atoms with Crippen LogP contribution >= 0.6 is 11.6 Å². The highest BCUT2D eigenvalue weighted by Crippen LogP contribution is 2.33. The minimum atomic E-state index is -4.61. The van der Waals surface area contributed by atoms with Gasteiger partial charge in [-0.25, -0.2) is 4.79 Å². The van der Waals surface area contributed by atoms with Crippen LogP contribution in [0.3, 0.4) is 0 Å². The van der Waals surface area contributed by atoms with Crippen molar-refractivity contribution in [2.75, 3.05) is 11.9 Å². The number of amides is 1. The van der Waals surface area contributed by atoms with Crippen LogP contribution in [0.2, 0.25) is 5.02 Å². The third-order valence-corrected chi connectivity index (χ3v) is 4.40. The number of esters is 1. The smallest absolute Gasteiger partial charge is 0.416 e. The maximum atomic E-state index is 12.9. The van der Waals surface area contributed by atoms with E-state index < -0.39 is 30.2 Å². The molecule has 1 heterocycles. The van der Waals surface area contributed by atoms with E-state index in [1.807, 2.05) is 0 Å². The minimum absolute atomic E-state index is 0.0661. The molecule has 0 saturated heterocycles. The maximum absolute atomic E-state index is 12.9. The number of nitrogens with zero attached hydrogens (tertiary/aromatic N) is 4. The largest absolute Gasteiger partial charge is 0.451 e. The van der Waals surface area contributed by atoms with E-state index in [4.69, 9.17) is 16.3 Å². The summed E-state index contributed by atoms with van der Waals surface area (Å²) in [5.74, 6) is -1.51. The number of tetrazole rings is 1. The third-order valence-electron chi connectivity index (χ3n) is 4.07. The van der Waals surface area contributed by atoms with Crippen LogP contribution in [0.25, 0.3) is 11.8 Å². The van der Waals surface area contributed by atoms with Gasteiger partial charge in [0.05, 0.1) is 16.3 Å². The van der Waals surface area contributed by atoms with E-state index in [1.165, 1.54) is 6.08 Å². The zero-order valence-electron chi connectivity index (χ0n) is 16.4. The fourth-order valence-electron chi connectivity index (χ4n) is 2.56. The number of benzene rings is 2. The van der Waals surface area contributed by atoms with Gasteiger partial charge in [0.25, 0.3) is 5.91 Å². The van der Waals surface area contributed by atoms with Crippen molar-refractivity contribution in [2.45, 2.75) is 13.1 Å². The summed E-state index contributed by atoms with van der Waals surface area (Å²) in [6.07, 6.45) is -3.15. The molecule has 0 atom stereocenters. The van der Waals surface area contributed by atoms with E-state index in [0.717, 1.165) is 16.8 Å². The fourth-order valence-corrected chi connectivity index (χ4v) is 2.72. The van der Waals surface area contributed by atoms with Crippen LogP contribution in [-0.4, -0.2) is 38.7 Å². The summed E-state index contributed by atoms with van der Waals surface area (Å²) >= 11 is 5.85. The molecule has 3 rings (SSSR count). The van der Waals surface area contributed by atoms with Crippen LogP contribution in [0, 0.1) is 6.92 Å². The molecule has 0 aliphatic carbocycles. The maximum Gasteiger partial charge on any atom is 0.416 e. The van der Waals surface area contributed by atoms with Gasteiger partial charge in [-0.05, 0) is 47.2 Å². The first-order chi connectivity index (χ1) is 15.1. The Hall–Kier alpha value is -3.73. The number of alkyl halides is 3. The van der Waals surface area contributed by atoms with Crippen LogP contribution < -0.4 is 5.32 Å². The molecule has 0 radical (unpaired) electrons. The molecule has 12 heteroatoms. The van der Waals surface area contributed by atoms with E-state index in [-0.39, 0.29) is 16.4 Å². The quantitative estimate of drug-likeness (QED) is 0.439. The summed E-state index contributed by atoms with van der Waals surface area (Å²) in [5, 5.41) is 13.0. The number of nitrogens with one attached hydrogen (secondary N) is 1. The van der Waals surface area contributed by atoms with Gasteiger partial charge < -0.3 is 10.1 Å². The molecular formula is C20H15ClF3N5O3. The second kappa shape index (κ2) is 9.60. The van der Waals surface area contributed by atoms with Crippen molar-refractivity contribution in [1.29, 1.82) is 0 Å². The average Bonchev–Trinajstić information content (AvgIpc) is 3.17. The van der Waals surface area contributed by atoms with E-state index in [2.05, 4.69) is 20.8 Å². The predicted octanol–water partition coefficient (Wildman–Crippen LogP) is 3.83. The van der Waals surface area contributed by atoms with Crippen molar-refractivity contribution in [3.8, 4) is 0 Å². The number of aryl methyl sites for hydroxylation is 1. The standard InChI is InChI=1S/C20H15ClF3N5O3/c1-12-26-27-28-29(12)17(9-13-5-3-2-4-6-13)19(31)32-11-18(30)25-16-10-14(20(22,23)24)7-8-15(16)21/h2-10H,11H2,1H3,(H,25,30)/b17-9+. The zero-order valence-corrected chi connectivity index (χ0v) is 17.2. The normalized spacial score (nSPS) is 11.8. The molecule has 2 aromatic carbocycles. The summed E-state index contributed by atoms with van der Waals surface area (Å²) in [7, 11) is 0. The zero-order chi connectivity index (χ0) is 23.3. The van der Waals surface area contributed by atoms with Gasteiger partial charge in [0.1, 0.15) is 0 Å². The number of halogens is 4. The monoisotopic (exact) mass is 465 g/mol. The number of hydrogen-bond donors (Lipinski definition) is 1. The molecule has 0 aliphatic heterocycles. The Morgan fingerprint density at radius 1 is 1.19 bits per heavy atom. The molecule has 8 nitrogen and oxygen atoms in total. The summed E-state index contributed by atoms with van der Waals surface area (Å²) in [4.78, 5) is 24.8. The summed E-state index contributed by atoms with van der Waals surface area (Å²) in [6.45, 7) is 0.785. The molecule has 1 amide bonds. The number of anilines is 1. The Labute approximate surface area is 184 Å². The lowest BCUT2D eigenvalue weighted by Gasteiger charge is -2.12. The van der Waals surface area contributed by atoms with Gasteiger partial charge in [-0.1, -0.05) is 41.9 Å². The fraction of sp³-hybridized carbons (Fsp3) is 0.150. The SMILES string of the molecule is Cc1nnnn1/C(=C/c1ccccc1)C(=O)OCC(=O)Nc1cc(C(F)(F)F)ccc1Cl. The Kier molecular flexibility index (Phi) is 6.89. The molecule has 0 aliphatic rings. The number of hydrogen-bond acceptors (Lipinski definition) is 6. The first-order valence-electron chi connectivity index (χ1n) is 9.01. The lowest BCUT2D eigenvalue weighted by atomic mass is 10.2. The molecule has 0 spiro atoms. The van der Waals surface area contributed by atoms with Crippen molar-refractivity contribution < 1.29 is 27.5 Å². The number of rotatable bonds is 6. The van der Waals surface area contributed by atoms with Gasteiger partial charge in [0.15, 0.2) is 18.1 Å². The highest BCUT2D eigenvalue weighted by molar-refractivity contribution is 6.33. The third kappa shape index (κ3) is 5.70. The molecule has 3 aromatic rings. The number of aromatic nitrogens is 4. The summed E-state index contributed by atoms with van der Waals surface area (Å²) in [5.41, 5.74) is -0.673. The lowest BCUT2D eigenvalue weighted by molar-refractivity contribution is -0.141. The van der Waals surface area contributed by atoms with Gasteiger partial charge in [-0.3, -0.25) is 4.79 Å². The van der Waals surface area contributed by atoms with Gasteiger partial charge in [-0.2, -0.15) is 17.9 Å². The molecule has 0 fully saturated rings. The molecule has 0 bridgehead atoms.